The molecule has 1 unspecified atom stereocenters. The summed E-state index contributed by atoms with van der Waals surface area (Å²) >= 11 is 0. The van der Waals surface area contributed by atoms with E-state index in [1.54, 1.807) is 19.4 Å². The van der Waals surface area contributed by atoms with Gasteiger partial charge in [0.2, 0.25) is 0 Å². The molecule has 0 amide bonds. The van der Waals surface area contributed by atoms with Crippen molar-refractivity contribution >= 4 is 0 Å². The molecular formula is C7H13N3O. The highest BCUT2D eigenvalue weighted by molar-refractivity contribution is 4.83. The second kappa shape index (κ2) is 3.02. The van der Waals surface area contributed by atoms with Gasteiger partial charge in [-0.3, -0.25) is 0 Å². The van der Waals surface area contributed by atoms with E-state index in [1.165, 1.54) is 0 Å². The standard InChI is InChI=1S/C7H13N3O/c1-7(8,5-11)4-10-3-2-9-6-10/h2-3,6,11H,4-5,8H2,1H3. The van der Waals surface area contributed by atoms with E-state index in [-0.39, 0.29) is 6.61 Å². The van der Waals surface area contributed by atoms with E-state index in [9.17, 15) is 0 Å². The summed E-state index contributed by atoms with van der Waals surface area (Å²) in [5.74, 6) is 0. The van der Waals surface area contributed by atoms with Gasteiger partial charge in [0.15, 0.2) is 0 Å². The quantitative estimate of drug-likeness (QED) is 0.624. The normalized spacial score (nSPS) is 16.3. The van der Waals surface area contributed by atoms with Crippen LogP contribution in [0, 0.1) is 0 Å². The number of nitrogens with two attached hydrogens (primary N) is 1. The summed E-state index contributed by atoms with van der Waals surface area (Å²) in [6.07, 6.45) is 5.19. The molecule has 1 rings (SSSR count). The molecule has 1 aromatic heterocycles. The third-order valence-electron chi connectivity index (χ3n) is 1.46. The Kier molecular flexibility index (Phi) is 2.26. The van der Waals surface area contributed by atoms with Gasteiger partial charge in [0.25, 0.3) is 0 Å². The van der Waals surface area contributed by atoms with Crippen LogP contribution < -0.4 is 5.73 Å². The van der Waals surface area contributed by atoms with Gasteiger partial charge >= 0.3 is 0 Å². The molecular weight excluding hydrogens is 142 g/mol. The van der Waals surface area contributed by atoms with Crippen molar-refractivity contribution in [1.82, 2.24) is 9.55 Å². The zero-order valence-corrected chi connectivity index (χ0v) is 6.57. The highest BCUT2D eigenvalue weighted by Crippen LogP contribution is 2.01. The largest absolute Gasteiger partial charge is 0.394 e. The Morgan fingerprint density at radius 2 is 2.45 bits per heavy atom. The maximum atomic E-state index is 8.83. The lowest BCUT2D eigenvalue weighted by molar-refractivity contribution is 0.192. The summed E-state index contributed by atoms with van der Waals surface area (Å²) in [4.78, 5) is 3.87. The fourth-order valence-electron chi connectivity index (χ4n) is 0.847. The minimum Gasteiger partial charge on any atom is -0.394 e. The third kappa shape index (κ3) is 2.32. The van der Waals surface area contributed by atoms with Gasteiger partial charge < -0.3 is 15.4 Å². The second-order valence-corrected chi connectivity index (χ2v) is 3.05. The Hall–Kier alpha value is -0.870. The van der Waals surface area contributed by atoms with Crippen LogP contribution in [0.25, 0.3) is 0 Å². The molecule has 0 aliphatic rings. The molecule has 62 valence electrons. The van der Waals surface area contributed by atoms with Gasteiger partial charge in [-0.05, 0) is 6.92 Å². The predicted octanol–water partition coefficient (Wildman–Crippen LogP) is -0.407. The molecule has 1 atom stereocenters. The first-order valence-corrected chi connectivity index (χ1v) is 3.49. The van der Waals surface area contributed by atoms with Crippen LogP contribution in [0.1, 0.15) is 6.92 Å². The molecule has 0 bridgehead atoms. The Labute approximate surface area is 65.7 Å². The molecule has 0 aromatic carbocycles. The third-order valence-corrected chi connectivity index (χ3v) is 1.46. The average molecular weight is 155 g/mol. The van der Waals surface area contributed by atoms with E-state index < -0.39 is 5.54 Å². The van der Waals surface area contributed by atoms with Crippen molar-refractivity contribution in [2.45, 2.75) is 19.0 Å². The maximum Gasteiger partial charge on any atom is 0.0946 e. The number of aliphatic hydroxyl groups is 1. The Morgan fingerprint density at radius 1 is 1.73 bits per heavy atom. The lowest BCUT2D eigenvalue weighted by Crippen LogP contribution is -2.44. The number of aromatic nitrogens is 2. The van der Waals surface area contributed by atoms with Crippen LogP contribution in [0.15, 0.2) is 18.7 Å². The SMILES string of the molecule is CC(N)(CO)Cn1ccnc1. The van der Waals surface area contributed by atoms with E-state index in [4.69, 9.17) is 10.8 Å². The predicted molar refractivity (Wildman–Crippen MR) is 41.9 cm³/mol. The Bertz CT molecular complexity index is 205. The molecule has 0 spiro atoms. The molecule has 0 radical (unpaired) electrons. The summed E-state index contributed by atoms with van der Waals surface area (Å²) in [6, 6.07) is 0. The van der Waals surface area contributed by atoms with Gasteiger partial charge in [0, 0.05) is 18.9 Å². The highest BCUT2D eigenvalue weighted by Gasteiger charge is 2.16. The summed E-state index contributed by atoms with van der Waals surface area (Å²) < 4.78 is 1.84. The molecule has 0 aliphatic heterocycles. The highest BCUT2D eigenvalue weighted by atomic mass is 16.3. The minimum absolute atomic E-state index is 0.0226. The van der Waals surface area contributed by atoms with Gasteiger partial charge in [-0.25, -0.2) is 4.98 Å². The van der Waals surface area contributed by atoms with Gasteiger partial charge in [-0.15, -0.1) is 0 Å². The molecule has 0 aliphatic carbocycles. The molecule has 4 nitrogen and oxygen atoms in total. The number of hydrogen-bond donors (Lipinski definition) is 2. The van der Waals surface area contributed by atoms with Crippen molar-refractivity contribution < 1.29 is 5.11 Å². The van der Waals surface area contributed by atoms with Crippen molar-refractivity contribution in [3.63, 3.8) is 0 Å². The van der Waals surface area contributed by atoms with Gasteiger partial charge in [-0.2, -0.15) is 0 Å². The lowest BCUT2D eigenvalue weighted by atomic mass is 10.1. The van der Waals surface area contributed by atoms with E-state index in [0.29, 0.717) is 6.54 Å². The smallest absolute Gasteiger partial charge is 0.0946 e. The van der Waals surface area contributed by atoms with Crippen LogP contribution in [0.5, 0.6) is 0 Å². The summed E-state index contributed by atoms with van der Waals surface area (Å²) in [6.45, 7) is 2.36. The van der Waals surface area contributed by atoms with Crippen molar-refractivity contribution in [3.8, 4) is 0 Å². The first-order valence-electron chi connectivity index (χ1n) is 3.49. The molecule has 0 fully saturated rings. The van der Waals surface area contributed by atoms with Gasteiger partial charge in [0.05, 0.1) is 18.5 Å². The van der Waals surface area contributed by atoms with Crippen LogP contribution in [-0.4, -0.2) is 26.8 Å². The van der Waals surface area contributed by atoms with E-state index >= 15 is 0 Å². The Morgan fingerprint density at radius 3 is 2.91 bits per heavy atom. The first kappa shape index (κ1) is 8.23. The van der Waals surface area contributed by atoms with Crippen molar-refractivity contribution in [3.05, 3.63) is 18.7 Å². The Balaban J connectivity index is 2.56. The zero-order chi connectivity index (χ0) is 8.32. The maximum absolute atomic E-state index is 8.83. The van der Waals surface area contributed by atoms with Crippen molar-refractivity contribution in [2.75, 3.05) is 6.61 Å². The number of imidazole rings is 1. The van der Waals surface area contributed by atoms with Gasteiger partial charge in [0.1, 0.15) is 0 Å². The summed E-state index contributed by atoms with van der Waals surface area (Å²) in [5.41, 5.74) is 5.15. The lowest BCUT2D eigenvalue weighted by Gasteiger charge is -2.21. The summed E-state index contributed by atoms with van der Waals surface area (Å²) in [5, 5.41) is 8.83. The molecule has 1 aromatic rings. The van der Waals surface area contributed by atoms with Crippen molar-refractivity contribution in [2.24, 2.45) is 5.73 Å². The van der Waals surface area contributed by atoms with E-state index in [2.05, 4.69) is 4.98 Å². The number of rotatable bonds is 3. The summed E-state index contributed by atoms with van der Waals surface area (Å²) in [7, 11) is 0. The molecule has 11 heavy (non-hydrogen) atoms. The van der Waals surface area contributed by atoms with Gasteiger partial charge in [-0.1, -0.05) is 0 Å². The molecule has 0 saturated heterocycles. The zero-order valence-electron chi connectivity index (χ0n) is 6.57. The van der Waals surface area contributed by atoms with Crippen molar-refractivity contribution in [1.29, 1.82) is 0 Å². The average Bonchev–Trinajstić information content (AvgIpc) is 2.39. The first-order chi connectivity index (χ1) is 5.14. The van der Waals surface area contributed by atoms with E-state index in [0.717, 1.165) is 0 Å². The second-order valence-electron chi connectivity index (χ2n) is 3.05. The van der Waals surface area contributed by atoms with Crippen LogP contribution in [0.3, 0.4) is 0 Å². The molecule has 1 heterocycles. The number of hydrogen-bond acceptors (Lipinski definition) is 3. The van der Waals surface area contributed by atoms with Crippen LogP contribution in [-0.2, 0) is 6.54 Å². The van der Waals surface area contributed by atoms with Crippen LogP contribution in [0.4, 0.5) is 0 Å². The minimum atomic E-state index is -0.555. The molecule has 3 N–H and O–H groups in total. The van der Waals surface area contributed by atoms with Crippen LogP contribution >= 0.6 is 0 Å². The topological polar surface area (TPSA) is 64.1 Å². The fraction of sp³-hybridized carbons (Fsp3) is 0.571. The fourth-order valence-corrected chi connectivity index (χ4v) is 0.847. The molecule has 4 heteroatoms. The van der Waals surface area contributed by atoms with E-state index in [1.807, 2.05) is 10.8 Å². The molecule has 0 saturated carbocycles. The number of nitrogens with zero attached hydrogens (tertiary/aromatic N) is 2. The number of aliphatic hydroxyl groups excluding tert-OH is 1. The monoisotopic (exact) mass is 155 g/mol. The van der Waals surface area contributed by atoms with Crippen LogP contribution in [0.2, 0.25) is 0 Å².